The lowest BCUT2D eigenvalue weighted by Gasteiger charge is -2.21. The van der Waals surface area contributed by atoms with Crippen molar-refractivity contribution in [3.63, 3.8) is 0 Å². The van der Waals surface area contributed by atoms with Gasteiger partial charge < -0.3 is 15.0 Å². The van der Waals surface area contributed by atoms with Crippen molar-refractivity contribution in [3.05, 3.63) is 88.9 Å². The number of hydrogen-bond acceptors (Lipinski definition) is 5. The maximum atomic E-state index is 14.1. The van der Waals surface area contributed by atoms with Gasteiger partial charge in [-0.2, -0.15) is 0 Å². The number of aromatic nitrogens is 2. The molecule has 1 N–H and O–H groups in total. The molecule has 0 bridgehead atoms. The van der Waals surface area contributed by atoms with Crippen molar-refractivity contribution in [1.29, 1.82) is 0 Å². The largest absolute Gasteiger partial charge is 0.431 e. The van der Waals surface area contributed by atoms with Crippen LogP contribution in [0.25, 0.3) is 15.8 Å². The lowest BCUT2D eigenvalue weighted by molar-refractivity contribution is 0.603. The van der Waals surface area contributed by atoms with Gasteiger partial charge in [-0.05, 0) is 54.2 Å². The molecule has 0 fully saturated rings. The number of nitrogens with zero attached hydrogens (tertiary/aromatic N) is 3. The first kappa shape index (κ1) is 18.8. The van der Waals surface area contributed by atoms with Crippen LogP contribution in [0.15, 0.2) is 77.7 Å². The minimum Gasteiger partial charge on any atom is -0.431 e. The Hall–Kier alpha value is -3.52. The summed E-state index contributed by atoms with van der Waals surface area (Å²) in [6.07, 6.45) is 0. The molecular weight excluding hydrogens is 391 g/mol. The van der Waals surface area contributed by atoms with E-state index < -0.39 is 15.8 Å². The van der Waals surface area contributed by atoms with Crippen LogP contribution in [-0.4, -0.2) is 18.4 Å². The third-order valence-corrected chi connectivity index (χ3v) is 5.44. The van der Waals surface area contributed by atoms with Gasteiger partial charge in [0.05, 0.1) is 16.1 Å². The summed E-state index contributed by atoms with van der Waals surface area (Å²) in [5.74, 6) is -0.603. The summed E-state index contributed by atoms with van der Waals surface area (Å²) in [5, 5.41) is 2.81. The fourth-order valence-electron chi connectivity index (χ4n) is 2.77. The number of nitrogens with one attached hydrogen (secondary N) is 1. The number of anilines is 2. The van der Waals surface area contributed by atoms with Crippen LogP contribution in [0.2, 0.25) is 0 Å². The van der Waals surface area contributed by atoms with Gasteiger partial charge in [0, 0.05) is 0 Å². The molecule has 0 aliphatic rings. The van der Waals surface area contributed by atoms with Crippen LogP contribution < -0.4 is 5.32 Å². The number of rotatable bonds is 5. The monoisotopic (exact) mass is 407 g/mol. The summed E-state index contributed by atoms with van der Waals surface area (Å²) in [5.41, 5.74) is 1.93. The van der Waals surface area contributed by atoms with E-state index in [1.807, 2.05) is 0 Å². The Balaban J connectivity index is 1.80. The Morgan fingerprint density at radius 1 is 0.897 bits per heavy atom. The standard InChI is InChI=1S/C21H16FN4O2S/c1-14-7-6-8-15(13-14)29(27,28)26-21-20(23-17-10-3-2-9-16(17)22)24-18-11-4-5-12-19(18)25-21/h2-13H,1H3,(H-,23,24,25,26)/q-1. The molecule has 1 heterocycles. The first-order valence-corrected chi connectivity index (χ1v) is 10.2. The minimum absolute atomic E-state index is 0.0456. The summed E-state index contributed by atoms with van der Waals surface area (Å²) < 4.78 is 43.7. The van der Waals surface area contributed by atoms with E-state index in [1.54, 1.807) is 55.5 Å². The third-order valence-electron chi connectivity index (χ3n) is 4.17. The highest BCUT2D eigenvalue weighted by atomic mass is 32.2. The average molecular weight is 407 g/mol. The van der Waals surface area contributed by atoms with Crippen molar-refractivity contribution in [1.82, 2.24) is 9.97 Å². The van der Waals surface area contributed by atoms with Crippen LogP contribution in [0, 0.1) is 12.7 Å². The Labute approximate surface area is 167 Å². The Kier molecular flexibility index (Phi) is 4.85. The molecule has 1 aromatic heterocycles. The summed E-state index contributed by atoms with van der Waals surface area (Å²) in [7, 11) is -4.04. The molecule has 0 aliphatic carbocycles. The third kappa shape index (κ3) is 4.02. The zero-order valence-electron chi connectivity index (χ0n) is 15.4. The van der Waals surface area contributed by atoms with Gasteiger partial charge in [-0.15, -0.1) is 0 Å². The van der Waals surface area contributed by atoms with Crippen LogP contribution in [0.5, 0.6) is 0 Å². The molecule has 0 spiro atoms. The van der Waals surface area contributed by atoms with E-state index in [0.717, 1.165) is 5.56 Å². The summed E-state index contributed by atoms with van der Waals surface area (Å²) >= 11 is 0. The second-order valence-electron chi connectivity index (χ2n) is 6.37. The van der Waals surface area contributed by atoms with Gasteiger partial charge in [0.25, 0.3) is 0 Å². The molecule has 4 aromatic rings. The molecule has 3 aromatic carbocycles. The molecule has 4 rings (SSSR count). The molecule has 0 saturated carbocycles. The van der Waals surface area contributed by atoms with Crippen molar-refractivity contribution < 1.29 is 12.8 Å². The molecule has 6 nitrogen and oxygen atoms in total. The number of para-hydroxylation sites is 3. The normalized spacial score (nSPS) is 11.4. The lowest BCUT2D eigenvalue weighted by atomic mass is 10.2. The van der Waals surface area contributed by atoms with E-state index in [9.17, 15) is 12.8 Å². The fourth-order valence-corrected chi connectivity index (χ4v) is 3.82. The Morgan fingerprint density at radius 3 is 2.31 bits per heavy atom. The summed E-state index contributed by atoms with van der Waals surface area (Å²) in [6, 6.07) is 19.4. The number of sulfonamides is 1. The molecule has 0 amide bonds. The number of aryl methyl sites for hydroxylation is 1. The highest BCUT2D eigenvalue weighted by Crippen LogP contribution is 2.35. The maximum Gasteiger partial charge on any atom is 0.202 e. The van der Waals surface area contributed by atoms with Gasteiger partial charge >= 0.3 is 0 Å². The van der Waals surface area contributed by atoms with Gasteiger partial charge in [0.2, 0.25) is 10.0 Å². The molecule has 29 heavy (non-hydrogen) atoms. The first-order valence-electron chi connectivity index (χ1n) is 8.75. The molecular formula is C21H16FN4O2S-. The fraction of sp³-hybridized carbons (Fsp3) is 0.0476. The maximum absolute atomic E-state index is 14.1. The quantitative estimate of drug-likeness (QED) is 0.490. The van der Waals surface area contributed by atoms with E-state index in [-0.39, 0.29) is 22.2 Å². The van der Waals surface area contributed by atoms with Crippen molar-refractivity contribution in [2.75, 3.05) is 5.32 Å². The van der Waals surface area contributed by atoms with E-state index >= 15 is 0 Å². The zero-order chi connectivity index (χ0) is 20.4. The predicted molar refractivity (Wildman–Crippen MR) is 111 cm³/mol. The minimum atomic E-state index is -4.04. The van der Waals surface area contributed by atoms with Crippen molar-refractivity contribution >= 4 is 38.4 Å². The van der Waals surface area contributed by atoms with Crippen LogP contribution in [0.3, 0.4) is 0 Å². The molecule has 0 aliphatic heterocycles. The molecule has 146 valence electrons. The van der Waals surface area contributed by atoms with Gasteiger partial charge in [0.1, 0.15) is 11.6 Å². The SMILES string of the molecule is Cc1cccc(S(=O)(=O)[N-]c2nc3ccccc3nc2Nc2ccccc2F)c1. The number of hydrogen-bond donors (Lipinski definition) is 1. The van der Waals surface area contributed by atoms with E-state index in [1.165, 1.54) is 24.3 Å². The van der Waals surface area contributed by atoms with Crippen molar-refractivity contribution in [3.8, 4) is 0 Å². The van der Waals surface area contributed by atoms with Crippen LogP contribution >= 0.6 is 0 Å². The average Bonchev–Trinajstić information content (AvgIpc) is 2.70. The lowest BCUT2D eigenvalue weighted by Crippen LogP contribution is -2.03. The molecule has 0 unspecified atom stereocenters. The number of fused-ring (bicyclic) bond motifs is 1. The van der Waals surface area contributed by atoms with Crippen LogP contribution in [0.1, 0.15) is 5.56 Å². The predicted octanol–water partition coefficient (Wildman–Crippen LogP) is 5.22. The highest BCUT2D eigenvalue weighted by Gasteiger charge is 2.13. The van der Waals surface area contributed by atoms with Gasteiger partial charge in [-0.25, -0.2) is 17.8 Å². The molecule has 8 heteroatoms. The summed E-state index contributed by atoms with van der Waals surface area (Å²) in [6.45, 7) is 1.79. The Bertz CT molecular complexity index is 1310. The van der Waals surface area contributed by atoms with Crippen molar-refractivity contribution in [2.45, 2.75) is 11.8 Å². The smallest absolute Gasteiger partial charge is 0.202 e. The van der Waals surface area contributed by atoms with E-state index in [0.29, 0.717) is 11.0 Å². The zero-order valence-corrected chi connectivity index (χ0v) is 16.2. The van der Waals surface area contributed by atoms with Crippen molar-refractivity contribution in [2.24, 2.45) is 0 Å². The second kappa shape index (κ2) is 7.48. The topological polar surface area (TPSA) is 86.1 Å². The van der Waals surface area contributed by atoms with Gasteiger partial charge in [0.15, 0.2) is 0 Å². The van der Waals surface area contributed by atoms with E-state index in [4.69, 9.17) is 0 Å². The Morgan fingerprint density at radius 2 is 1.59 bits per heavy atom. The first-order chi connectivity index (χ1) is 13.9. The van der Waals surface area contributed by atoms with Crippen LogP contribution in [-0.2, 0) is 10.0 Å². The highest BCUT2D eigenvalue weighted by molar-refractivity contribution is 7.94. The van der Waals surface area contributed by atoms with E-state index in [2.05, 4.69) is 20.0 Å². The van der Waals surface area contributed by atoms with Gasteiger partial charge in [-0.1, -0.05) is 42.5 Å². The second-order valence-corrected chi connectivity index (χ2v) is 7.98. The molecule has 0 radical (unpaired) electrons. The summed E-state index contributed by atoms with van der Waals surface area (Å²) in [4.78, 5) is 8.79. The number of benzene rings is 3. The molecule has 0 saturated heterocycles. The molecule has 0 atom stereocenters. The number of halogens is 1. The van der Waals surface area contributed by atoms with Crippen LogP contribution in [0.4, 0.5) is 21.7 Å². The van der Waals surface area contributed by atoms with Gasteiger partial charge in [-0.3, -0.25) is 0 Å².